The van der Waals surface area contributed by atoms with Crippen molar-refractivity contribution >= 4 is 27.2 Å². The van der Waals surface area contributed by atoms with Gasteiger partial charge < -0.3 is 4.52 Å². The molecule has 8 heteroatoms. The Balaban J connectivity index is 2.31. The molecule has 2 rings (SSSR count). The summed E-state index contributed by atoms with van der Waals surface area (Å²) >= 11 is 1.03. The van der Waals surface area contributed by atoms with Crippen LogP contribution < -0.4 is 4.72 Å². The SMILES string of the molecule is Cc1cnoc1NS(=O)(=O)c1nccs1. The van der Waals surface area contributed by atoms with Crippen molar-refractivity contribution in [2.24, 2.45) is 0 Å². The average molecular weight is 245 g/mol. The van der Waals surface area contributed by atoms with E-state index >= 15 is 0 Å². The molecule has 0 unspecified atom stereocenters. The van der Waals surface area contributed by atoms with Gasteiger partial charge in [-0.1, -0.05) is 5.16 Å². The lowest BCUT2D eigenvalue weighted by Gasteiger charge is -2.00. The normalized spacial score (nSPS) is 11.5. The summed E-state index contributed by atoms with van der Waals surface area (Å²) in [5.41, 5.74) is 0.620. The molecule has 0 amide bonds. The van der Waals surface area contributed by atoms with Crippen molar-refractivity contribution in [1.29, 1.82) is 0 Å². The predicted molar refractivity (Wildman–Crippen MR) is 54.2 cm³/mol. The molecule has 0 atom stereocenters. The van der Waals surface area contributed by atoms with Crippen LogP contribution in [-0.2, 0) is 10.0 Å². The van der Waals surface area contributed by atoms with Gasteiger partial charge in [-0.25, -0.2) is 9.71 Å². The Hall–Kier alpha value is -1.41. The summed E-state index contributed by atoms with van der Waals surface area (Å²) in [7, 11) is -3.64. The highest BCUT2D eigenvalue weighted by molar-refractivity contribution is 7.94. The fraction of sp³-hybridized carbons (Fsp3) is 0.143. The van der Waals surface area contributed by atoms with E-state index in [0.717, 1.165) is 11.3 Å². The number of nitrogens with zero attached hydrogens (tertiary/aromatic N) is 2. The Morgan fingerprint density at radius 1 is 1.53 bits per heavy atom. The number of hydrogen-bond donors (Lipinski definition) is 1. The summed E-state index contributed by atoms with van der Waals surface area (Å²) in [6.45, 7) is 1.69. The standard InChI is InChI=1S/C7H7N3O3S2/c1-5-4-9-13-6(5)10-15(11,12)7-8-2-3-14-7/h2-4,10H,1H3. The highest BCUT2D eigenvalue weighted by Crippen LogP contribution is 2.19. The highest BCUT2D eigenvalue weighted by Gasteiger charge is 2.19. The van der Waals surface area contributed by atoms with Gasteiger partial charge >= 0.3 is 0 Å². The zero-order valence-electron chi connectivity index (χ0n) is 7.67. The van der Waals surface area contributed by atoms with Gasteiger partial charge in [-0.3, -0.25) is 0 Å². The van der Waals surface area contributed by atoms with Gasteiger partial charge in [0, 0.05) is 17.1 Å². The van der Waals surface area contributed by atoms with Crippen LogP contribution in [0.5, 0.6) is 0 Å². The molecular formula is C7H7N3O3S2. The zero-order chi connectivity index (χ0) is 10.9. The fourth-order valence-corrected chi connectivity index (χ4v) is 2.78. The van der Waals surface area contributed by atoms with Crippen LogP contribution in [0.4, 0.5) is 5.88 Å². The molecule has 2 aromatic rings. The van der Waals surface area contributed by atoms with Crippen molar-refractivity contribution in [3.8, 4) is 0 Å². The molecule has 0 saturated heterocycles. The largest absolute Gasteiger partial charge is 0.338 e. The molecule has 0 aliphatic rings. The first-order valence-electron chi connectivity index (χ1n) is 3.93. The predicted octanol–water partition coefficient (Wildman–Crippen LogP) is 1.24. The van der Waals surface area contributed by atoms with Gasteiger partial charge in [-0.2, -0.15) is 8.42 Å². The molecule has 2 aromatic heterocycles. The van der Waals surface area contributed by atoms with Crippen LogP contribution in [0.3, 0.4) is 0 Å². The third-order valence-electron chi connectivity index (χ3n) is 1.62. The molecule has 1 N–H and O–H groups in total. The number of sulfonamides is 1. The Kier molecular flexibility index (Phi) is 2.45. The molecular weight excluding hydrogens is 238 g/mol. The van der Waals surface area contributed by atoms with Crippen LogP contribution in [0.15, 0.2) is 26.6 Å². The third kappa shape index (κ3) is 2.00. The minimum absolute atomic E-state index is 0.00157. The molecule has 6 nitrogen and oxygen atoms in total. The Morgan fingerprint density at radius 2 is 2.33 bits per heavy atom. The molecule has 15 heavy (non-hydrogen) atoms. The van der Waals surface area contributed by atoms with Crippen molar-refractivity contribution in [2.45, 2.75) is 11.3 Å². The van der Waals surface area contributed by atoms with Crippen molar-refractivity contribution in [2.75, 3.05) is 4.72 Å². The highest BCUT2D eigenvalue weighted by atomic mass is 32.2. The number of rotatable bonds is 3. The molecule has 80 valence electrons. The topological polar surface area (TPSA) is 85.1 Å². The number of hydrogen-bond acceptors (Lipinski definition) is 6. The van der Waals surface area contributed by atoms with E-state index in [4.69, 9.17) is 4.52 Å². The lowest BCUT2D eigenvalue weighted by atomic mass is 10.4. The number of anilines is 1. The van der Waals surface area contributed by atoms with E-state index in [0.29, 0.717) is 5.56 Å². The second-order valence-electron chi connectivity index (χ2n) is 2.74. The van der Waals surface area contributed by atoms with Crippen LogP contribution in [0.2, 0.25) is 0 Å². The van der Waals surface area contributed by atoms with Crippen LogP contribution >= 0.6 is 11.3 Å². The van der Waals surface area contributed by atoms with Gasteiger partial charge in [0.2, 0.25) is 10.2 Å². The van der Waals surface area contributed by atoms with E-state index in [1.807, 2.05) is 0 Å². The van der Waals surface area contributed by atoms with Gasteiger partial charge in [0.25, 0.3) is 10.0 Å². The van der Waals surface area contributed by atoms with Crippen LogP contribution in [-0.4, -0.2) is 18.6 Å². The third-order valence-corrected chi connectivity index (χ3v) is 4.15. The number of aromatic nitrogens is 2. The van der Waals surface area contributed by atoms with Gasteiger partial charge in [-0.05, 0) is 6.92 Å². The molecule has 0 aliphatic carbocycles. The Labute approximate surface area is 90.0 Å². The summed E-state index contributed by atoms with van der Waals surface area (Å²) in [5, 5.41) is 5.05. The van der Waals surface area contributed by atoms with Gasteiger partial charge in [-0.15, -0.1) is 11.3 Å². The Morgan fingerprint density at radius 3 is 2.87 bits per heavy atom. The minimum atomic E-state index is -3.64. The van der Waals surface area contributed by atoms with Crippen molar-refractivity contribution in [3.63, 3.8) is 0 Å². The van der Waals surface area contributed by atoms with E-state index in [9.17, 15) is 8.42 Å². The van der Waals surface area contributed by atoms with Crippen molar-refractivity contribution < 1.29 is 12.9 Å². The van der Waals surface area contributed by atoms with Gasteiger partial charge in [0.1, 0.15) is 0 Å². The summed E-state index contributed by atoms with van der Waals surface area (Å²) in [5.74, 6) is 0.116. The summed E-state index contributed by atoms with van der Waals surface area (Å²) in [4.78, 5) is 3.70. The first-order chi connectivity index (χ1) is 7.09. The van der Waals surface area contributed by atoms with Crippen LogP contribution in [0.25, 0.3) is 0 Å². The molecule has 0 spiro atoms. The molecule has 2 heterocycles. The van der Waals surface area contributed by atoms with Crippen LogP contribution in [0, 0.1) is 6.92 Å². The van der Waals surface area contributed by atoms with Crippen molar-refractivity contribution in [1.82, 2.24) is 10.1 Å². The fourth-order valence-electron chi connectivity index (χ4n) is 0.897. The number of thiazole rings is 1. The molecule has 0 aliphatic heterocycles. The number of nitrogens with one attached hydrogen (secondary N) is 1. The summed E-state index contributed by atoms with van der Waals surface area (Å²) in [6.07, 6.45) is 2.85. The zero-order valence-corrected chi connectivity index (χ0v) is 9.30. The summed E-state index contributed by atoms with van der Waals surface area (Å²) < 4.78 is 30.3. The van der Waals surface area contributed by atoms with E-state index in [-0.39, 0.29) is 10.2 Å². The lowest BCUT2D eigenvalue weighted by molar-refractivity contribution is 0.435. The monoisotopic (exact) mass is 245 g/mol. The second kappa shape index (κ2) is 3.63. The average Bonchev–Trinajstić information content (AvgIpc) is 2.77. The van der Waals surface area contributed by atoms with Crippen molar-refractivity contribution in [3.05, 3.63) is 23.3 Å². The Bertz CT molecular complexity index is 544. The maximum atomic E-state index is 11.7. The molecule has 0 radical (unpaired) electrons. The van der Waals surface area contributed by atoms with Gasteiger partial charge in [0.15, 0.2) is 0 Å². The second-order valence-corrected chi connectivity index (χ2v) is 5.49. The summed E-state index contributed by atoms with van der Waals surface area (Å²) in [6, 6.07) is 0. The minimum Gasteiger partial charge on any atom is -0.338 e. The maximum Gasteiger partial charge on any atom is 0.291 e. The maximum absolute atomic E-state index is 11.7. The van der Waals surface area contributed by atoms with Gasteiger partial charge in [0.05, 0.1) is 6.20 Å². The molecule has 0 saturated carbocycles. The van der Waals surface area contributed by atoms with Crippen LogP contribution in [0.1, 0.15) is 5.56 Å². The first-order valence-corrected chi connectivity index (χ1v) is 6.29. The molecule has 0 fully saturated rings. The van der Waals surface area contributed by atoms with E-state index in [2.05, 4.69) is 14.9 Å². The molecule has 0 aromatic carbocycles. The lowest BCUT2D eigenvalue weighted by Crippen LogP contribution is -2.12. The van der Waals surface area contributed by atoms with E-state index in [1.54, 1.807) is 12.3 Å². The first kappa shape index (κ1) is 10.1. The molecule has 0 bridgehead atoms. The van der Waals surface area contributed by atoms with E-state index < -0.39 is 10.0 Å². The van der Waals surface area contributed by atoms with E-state index in [1.165, 1.54) is 12.4 Å². The number of aryl methyl sites for hydroxylation is 1. The smallest absolute Gasteiger partial charge is 0.291 e. The quantitative estimate of drug-likeness (QED) is 0.879.